The Morgan fingerprint density at radius 3 is 2.52 bits per heavy atom. The molecule has 1 heterocycles. The molecule has 130 valence electrons. The molecule has 0 saturated heterocycles. The van der Waals surface area contributed by atoms with Gasteiger partial charge in [0, 0.05) is 5.69 Å². The van der Waals surface area contributed by atoms with Crippen LogP contribution in [0.4, 0.5) is 0 Å². The number of benzene rings is 1. The zero-order valence-corrected chi connectivity index (χ0v) is 13.7. The molecule has 2 aromatic rings. The number of fused-ring (bicyclic) bond motifs is 1. The number of hydrogen-bond acceptors (Lipinski definition) is 3. The summed E-state index contributed by atoms with van der Waals surface area (Å²) in [5.74, 6) is -1.85. The number of aromatic amines is 1. The van der Waals surface area contributed by atoms with Gasteiger partial charge in [0.2, 0.25) is 0 Å². The first kappa shape index (κ1) is 17.0. The van der Waals surface area contributed by atoms with Crippen molar-refractivity contribution >= 4 is 11.9 Å². The van der Waals surface area contributed by atoms with Crippen LogP contribution in [0.2, 0.25) is 0 Å². The third kappa shape index (κ3) is 3.79. The van der Waals surface area contributed by atoms with E-state index in [0.29, 0.717) is 5.56 Å². The largest absolute Gasteiger partial charge is 0.479 e. The van der Waals surface area contributed by atoms with Crippen molar-refractivity contribution in [3.63, 3.8) is 0 Å². The number of carboxylic acid groups (broad SMARTS) is 1. The molecule has 1 aromatic heterocycles. The molecule has 0 fully saturated rings. The standard InChI is InChI=1S/C19H20N2O4/c22-17-14(11-13-9-5-2-6-10-15(13)20-17)18(23)21-16(19(24)25)12-7-3-1-4-8-12/h1,3-4,7-8,11,16H,2,5-6,9-10H2,(H,20,22)(H,21,23)(H,24,25). The molecule has 1 aliphatic carbocycles. The van der Waals surface area contributed by atoms with Crippen molar-refractivity contribution in [1.82, 2.24) is 10.3 Å². The van der Waals surface area contributed by atoms with Gasteiger partial charge in [-0.05, 0) is 42.9 Å². The van der Waals surface area contributed by atoms with Crippen LogP contribution in [0.15, 0.2) is 41.2 Å². The Labute approximate surface area is 144 Å². The van der Waals surface area contributed by atoms with E-state index >= 15 is 0 Å². The molecule has 3 rings (SSSR count). The Kier molecular flexibility index (Phi) is 4.97. The number of aryl methyl sites for hydroxylation is 2. The van der Waals surface area contributed by atoms with Crippen LogP contribution in [-0.2, 0) is 17.6 Å². The van der Waals surface area contributed by atoms with E-state index < -0.39 is 23.5 Å². The highest BCUT2D eigenvalue weighted by molar-refractivity contribution is 5.96. The third-order valence-corrected chi connectivity index (χ3v) is 4.49. The minimum Gasteiger partial charge on any atom is -0.479 e. The minimum absolute atomic E-state index is 0.0390. The number of aromatic nitrogens is 1. The summed E-state index contributed by atoms with van der Waals surface area (Å²) in [4.78, 5) is 39.1. The molecule has 25 heavy (non-hydrogen) atoms. The lowest BCUT2D eigenvalue weighted by atomic mass is 10.0. The van der Waals surface area contributed by atoms with E-state index in [0.717, 1.165) is 43.4 Å². The van der Waals surface area contributed by atoms with Gasteiger partial charge in [-0.25, -0.2) is 4.79 Å². The quantitative estimate of drug-likeness (QED) is 0.743. The molecule has 0 saturated carbocycles. The van der Waals surface area contributed by atoms with Crippen molar-refractivity contribution in [3.05, 3.63) is 69.1 Å². The first-order valence-corrected chi connectivity index (χ1v) is 8.40. The number of aliphatic carboxylic acids is 1. The molecule has 0 spiro atoms. The third-order valence-electron chi connectivity index (χ3n) is 4.49. The topological polar surface area (TPSA) is 99.3 Å². The summed E-state index contributed by atoms with van der Waals surface area (Å²) in [5.41, 5.74) is 1.79. The fourth-order valence-electron chi connectivity index (χ4n) is 3.16. The fourth-order valence-corrected chi connectivity index (χ4v) is 3.16. The number of carbonyl (C=O) groups excluding carboxylic acids is 1. The fraction of sp³-hybridized carbons (Fsp3) is 0.316. The summed E-state index contributed by atoms with van der Waals surface area (Å²) in [7, 11) is 0. The van der Waals surface area contributed by atoms with Crippen molar-refractivity contribution in [2.75, 3.05) is 0 Å². The van der Waals surface area contributed by atoms with Gasteiger partial charge in [-0.3, -0.25) is 9.59 Å². The van der Waals surface area contributed by atoms with Gasteiger partial charge < -0.3 is 15.4 Å². The summed E-state index contributed by atoms with van der Waals surface area (Å²) in [5, 5.41) is 11.9. The number of rotatable bonds is 4. The van der Waals surface area contributed by atoms with Crippen molar-refractivity contribution < 1.29 is 14.7 Å². The van der Waals surface area contributed by atoms with Crippen LogP contribution in [0, 0.1) is 0 Å². The molecule has 0 bridgehead atoms. The molecule has 6 nitrogen and oxygen atoms in total. The Bertz CT molecular complexity index is 842. The SMILES string of the molecule is O=C(NC(C(=O)O)c1ccccc1)c1cc2c([nH]c1=O)CCCCC2. The van der Waals surface area contributed by atoms with E-state index in [1.807, 2.05) is 0 Å². The first-order chi connectivity index (χ1) is 12.1. The Morgan fingerprint density at radius 2 is 1.80 bits per heavy atom. The number of carboxylic acids is 1. The second-order valence-electron chi connectivity index (χ2n) is 6.23. The van der Waals surface area contributed by atoms with Gasteiger partial charge in [0.25, 0.3) is 11.5 Å². The number of carbonyl (C=O) groups is 2. The van der Waals surface area contributed by atoms with Crippen molar-refractivity contribution in [2.45, 2.75) is 38.1 Å². The molecular weight excluding hydrogens is 320 g/mol. The zero-order valence-electron chi connectivity index (χ0n) is 13.7. The van der Waals surface area contributed by atoms with Crippen LogP contribution in [0.3, 0.4) is 0 Å². The van der Waals surface area contributed by atoms with Crippen LogP contribution in [-0.4, -0.2) is 22.0 Å². The molecule has 0 radical (unpaired) electrons. The highest BCUT2D eigenvalue weighted by Gasteiger charge is 2.24. The summed E-state index contributed by atoms with van der Waals surface area (Å²) in [6.07, 6.45) is 4.74. The van der Waals surface area contributed by atoms with Crippen molar-refractivity contribution in [3.8, 4) is 0 Å². The van der Waals surface area contributed by atoms with E-state index in [1.165, 1.54) is 0 Å². The normalized spacial score (nSPS) is 14.9. The summed E-state index contributed by atoms with van der Waals surface area (Å²) < 4.78 is 0. The molecule has 1 aliphatic rings. The average Bonchev–Trinajstić information content (AvgIpc) is 2.84. The molecule has 6 heteroatoms. The van der Waals surface area contributed by atoms with E-state index in [9.17, 15) is 19.5 Å². The smallest absolute Gasteiger partial charge is 0.330 e. The second-order valence-corrected chi connectivity index (χ2v) is 6.23. The van der Waals surface area contributed by atoms with Gasteiger partial charge in [-0.1, -0.05) is 36.8 Å². The van der Waals surface area contributed by atoms with E-state index in [-0.39, 0.29) is 5.56 Å². The summed E-state index contributed by atoms with van der Waals surface area (Å²) in [6, 6.07) is 8.83. The Hall–Kier alpha value is -2.89. The molecule has 1 atom stereocenters. The van der Waals surface area contributed by atoms with Crippen LogP contribution in [0.5, 0.6) is 0 Å². The van der Waals surface area contributed by atoms with Gasteiger partial charge in [0.1, 0.15) is 5.56 Å². The van der Waals surface area contributed by atoms with Crippen molar-refractivity contribution in [2.24, 2.45) is 0 Å². The monoisotopic (exact) mass is 340 g/mol. The Morgan fingerprint density at radius 1 is 1.08 bits per heavy atom. The maximum absolute atomic E-state index is 12.5. The predicted octanol–water partition coefficient (Wildman–Crippen LogP) is 2.20. The van der Waals surface area contributed by atoms with Gasteiger partial charge in [-0.15, -0.1) is 0 Å². The minimum atomic E-state index is -1.20. The van der Waals surface area contributed by atoms with Gasteiger partial charge >= 0.3 is 5.97 Å². The lowest BCUT2D eigenvalue weighted by Crippen LogP contribution is -2.37. The lowest BCUT2D eigenvalue weighted by Gasteiger charge is -2.15. The van der Waals surface area contributed by atoms with Crippen LogP contribution in [0.25, 0.3) is 0 Å². The van der Waals surface area contributed by atoms with Crippen LogP contribution >= 0.6 is 0 Å². The first-order valence-electron chi connectivity index (χ1n) is 8.40. The number of H-pyrrole nitrogens is 1. The number of pyridine rings is 1. The second kappa shape index (κ2) is 7.34. The maximum Gasteiger partial charge on any atom is 0.330 e. The van der Waals surface area contributed by atoms with E-state index in [4.69, 9.17) is 0 Å². The molecule has 0 aliphatic heterocycles. The number of amides is 1. The molecule has 1 amide bonds. The maximum atomic E-state index is 12.5. The van der Waals surface area contributed by atoms with Crippen LogP contribution < -0.4 is 10.9 Å². The highest BCUT2D eigenvalue weighted by atomic mass is 16.4. The number of nitrogens with one attached hydrogen (secondary N) is 2. The zero-order chi connectivity index (χ0) is 17.8. The Balaban J connectivity index is 1.89. The van der Waals surface area contributed by atoms with Gasteiger partial charge in [0.15, 0.2) is 6.04 Å². The van der Waals surface area contributed by atoms with E-state index in [1.54, 1.807) is 36.4 Å². The molecule has 1 unspecified atom stereocenters. The summed E-state index contributed by atoms with van der Waals surface area (Å²) in [6.45, 7) is 0. The average molecular weight is 340 g/mol. The predicted molar refractivity (Wildman–Crippen MR) is 92.6 cm³/mol. The van der Waals surface area contributed by atoms with Gasteiger partial charge in [0.05, 0.1) is 0 Å². The lowest BCUT2D eigenvalue weighted by molar-refractivity contribution is -0.139. The molecular formula is C19H20N2O4. The number of hydrogen-bond donors (Lipinski definition) is 3. The van der Waals surface area contributed by atoms with Crippen molar-refractivity contribution in [1.29, 1.82) is 0 Å². The van der Waals surface area contributed by atoms with Crippen LogP contribution in [0.1, 0.15) is 52.5 Å². The summed E-state index contributed by atoms with van der Waals surface area (Å²) >= 11 is 0. The van der Waals surface area contributed by atoms with Gasteiger partial charge in [-0.2, -0.15) is 0 Å². The molecule has 3 N–H and O–H groups in total. The highest BCUT2D eigenvalue weighted by Crippen LogP contribution is 2.19. The molecule has 1 aromatic carbocycles. The van der Waals surface area contributed by atoms with E-state index in [2.05, 4.69) is 10.3 Å².